The molecule has 0 aliphatic carbocycles. The van der Waals surface area contributed by atoms with E-state index in [0.29, 0.717) is 0 Å². The van der Waals surface area contributed by atoms with Gasteiger partial charge in [0.25, 0.3) is 6.43 Å². The van der Waals surface area contributed by atoms with Crippen LogP contribution in [0.4, 0.5) is 8.78 Å². The summed E-state index contributed by atoms with van der Waals surface area (Å²) in [5.74, 6) is -1.81. The molecule has 7 heteroatoms. The molecule has 0 aliphatic rings. The summed E-state index contributed by atoms with van der Waals surface area (Å²) >= 11 is 5.52. The van der Waals surface area contributed by atoms with Gasteiger partial charge in [-0.15, -0.1) is 0 Å². The fourth-order valence-corrected chi connectivity index (χ4v) is 1.24. The molecule has 82 valence electrons. The smallest absolute Gasteiger partial charge is 0.342 e. The molecule has 0 radical (unpaired) electrons. The van der Waals surface area contributed by atoms with Gasteiger partial charge in [-0.05, 0) is 6.07 Å². The lowest BCUT2D eigenvalue weighted by Gasteiger charge is -2.07. The summed E-state index contributed by atoms with van der Waals surface area (Å²) < 4.78 is 29.1. The Balaban J connectivity index is 3.37. The highest BCUT2D eigenvalue weighted by molar-refractivity contribution is 6.33. The van der Waals surface area contributed by atoms with E-state index >= 15 is 0 Å². The zero-order valence-corrected chi connectivity index (χ0v) is 8.26. The Bertz CT molecular complexity index is 398. The van der Waals surface area contributed by atoms with Crippen LogP contribution in [0.5, 0.6) is 5.88 Å². The van der Waals surface area contributed by atoms with E-state index in [2.05, 4.69) is 9.72 Å². The molecule has 1 aromatic rings. The van der Waals surface area contributed by atoms with Gasteiger partial charge >= 0.3 is 5.97 Å². The van der Waals surface area contributed by atoms with Crippen molar-refractivity contribution in [3.05, 3.63) is 22.3 Å². The summed E-state index contributed by atoms with van der Waals surface area (Å²) in [6, 6.07) is 0.804. The molecule has 1 aromatic heterocycles. The maximum absolute atomic E-state index is 12.3. The number of rotatable bonds is 3. The summed E-state index contributed by atoms with van der Waals surface area (Å²) in [5.41, 5.74) is -1.05. The van der Waals surface area contributed by atoms with E-state index in [-0.39, 0.29) is 5.02 Å². The third-order valence-electron chi connectivity index (χ3n) is 1.59. The summed E-state index contributed by atoms with van der Waals surface area (Å²) in [5, 5.41) is 8.39. The predicted molar refractivity (Wildman–Crippen MR) is 47.7 cm³/mol. The third-order valence-corrected chi connectivity index (χ3v) is 1.89. The topological polar surface area (TPSA) is 59.4 Å². The SMILES string of the molecule is COc1nc(C(F)F)cc(Cl)c1C(=O)O. The van der Waals surface area contributed by atoms with Gasteiger partial charge in [0.15, 0.2) is 0 Å². The lowest BCUT2D eigenvalue weighted by molar-refractivity contribution is 0.0691. The number of pyridine rings is 1. The number of hydrogen-bond donors (Lipinski definition) is 1. The Morgan fingerprint density at radius 2 is 2.27 bits per heavy atom. The minimum Gasteiger partial charge on any atom is -0.480 e. The first-order valence-corrected chi connectivity index (χ1v) is 4.11. The molecule has 0 amide bonds. The van der Waals surface area contributed by atoms with Gasteiger partial charge < -0.3 is 9.84 Å². The molecular formula is C8H6ClF2NO3. The summed E-state index contributed by atoms with van der Waals surface area (Å²) in [4.78, 5) is 14.0. The van der Waals surface area contributed by atoms with Crippen LogP contribution in [0.25, 0.3) is 0 Å². The number of aromatic carboxylic acids is 1. The monoisotopic (exact) mass is 237 g/mol. The van der Waals surface area contributed by atoms with Gasteiger partial charge in [0, 0.05) is 0 Å². The second kappa shape index (κ2) is 4.39. The number of ether oxygens (including phenoxy) is 1. The first kappa shape index (κ1) is 11.6. The molecule has 15 heavy (non-hydrogen) atoms. The van der Waals surface area contributed by atoms with Crippen molar-refractivity contribution in [3.8, 4) is 5.88 Å². The van der Waals surface area contributed by atoms with Crippen LogP contribution in [0.3, 0.4) is 0 Å². The van der Waals surface area contributed by atoms with E-state index in [4.69, 9.17) is 16.7 Å². The van der Waals surface area contributed by atoms with Crippen molar-refractivity contribution in [1.82, 2.24) is 4.98 Å². The van der Waals surface area contributed by atoms with Crippen LogP contribution in [0.15, 0.2) is 6.07 Å². The molecule has 0 atom stereocenters. The third kappa shape index (κ3) is 2.33. The van der Waals surface area contributed by atoms with Gasteiger partial charge in [-0.25, -0.2) is 18.6 Å². The number of carbonyl (C=O) groups is 1. The summed E-state index contributed by atoms with van der Waals surface area (Å²) in [6.07, 6.45) is -2.83. The fourth-order valence-electron chi connectivity index (χ4n) is 0.963. The van der Waals surface area contributed by atoms with Crippen molar-refractivity contribution >= 4 is 17.6 Å². The molecule has 0 unspecified atom stereocenters. The summed E-state index contributed by atoms with van der Waals surface area (Å²) in [7, 11) is 1.13. The van der Waals surface area contributed by atoms with Crippen LogP contribution in [-0.4, -0.2) is 23.2 Å². The Hall–Kier alpha value is -1.43. The van der Waals surface area contributed by atoms with Crippen LogP contribution < -0.4 is 4.74 Å². The van der Waals surface area contributed by atoms with E-state index in [1.54, 1.807) is 0 Å². The molecule has 0 saturated carbocycles. The number of hydrogen-bond acceptors (Lipinski definition) is 3. The molecule has 0 fully saturated rings. The maximum atomic E-state index is 12.3. The normalized spacial score (nSPS) is 10.5. The first-order valence-electron chi connectivity index (χ1n) is 3.73. The molecule has 1 N–H and O–H groups in total. The molecule has 0 spiro atoms. The highest BCUT2D eigenvalue weighted by atomic mass is 35.5. The predicted octanol–water partition coefficient (Wildman–Crippen LogP) is 2.38. The largest absolute Gasteiger partial charge is 0.480 e. The van der Waals surface area contributed by atoms with Crippen LogP contribution in [0, 0.1) is 0 Å². The van der Waals surface area contributed by atoms with Gasteiger partial charge in [-0.1, -0.05) is 11.6 Å². The Morgan fingerprint density at radius 1 is 1.67 bits per heavy atom. The van der Waals surface area contributed by atoms with E-state index in [9.17, 15) is 13.6 Å². The van der Waals surface area contributed by atoms with E-state index in [1.807, 2.05) is 0 Å². The number of aromatic nitrogens is 1. The van der Waals surface area contributed by atoms with Crippen molar-refractivity contribution in [2.45, 2.75) is 6.43 Å². The van der Waals surface area contributed by atoms with Gasteiger partial charge in [0.05, 0.1) is 12.1 Å². The lowest BCUT2D eigenvalue weighted by atomic mass is 10.2. The van der Waals surface area contributed by atoms with Crippen molar-refractivity contribution < 1.29 is 23.4 Å². The Morgan fingerprint density at radius 3 is 2.67 bits per heavy atom. The van der Waals surface area contributed by atoms with Crippen LogP contribution >= 0.6 is 11.6 Å². The number of alkyl halides is 2. The standard InChI is InChI=1S/C8H6ClF2NO3/c1-15-7-5(8(13)14)3(9)2-4(12-7)6(10)11/h2,6H,1H3,(H,13,14). The molecule has 0 aromatic carbocycles. The van der Waals surface area contributed by atoms with Crippen LogP contribution in [-0.2, 0) is 0 Å². The van der Waals surface area contributed by atoms with Crippen molar-refractivity contribution in [2.24, 2.45) is 0 Å². The second-order valence-corrected chi connectivity index (χ2v) is 2.93. The van der Waals surface area contributed by atoms with E-state index in [0.717, 1.165) is 13.2 Å². The number of halogens is 3. The highest BCUT2D eigenvalue weighted by Gasteiger charge is 2.21. The lowest BCUT2D eigenvalue weighted by Crippen LogP contribution is -2.05. The maximum Gasteiger partial charge on any atom is 0.342 e. The number of carboxylic acids is 1. The Kier molecular flexibility index (Phi) is 3.41. The molecule has 0 bridgehead atoms. The van der Waals surface area contributed by atoms with Crippen LogP contribution in [0.1, 0.15) is 22.5 Å². The van der Waals surface area contributed by atoms with Gasteiger partial charge in [0.2, 0.25) is 5.88 Å². The van der Waals surface area contributed by atoms with Gasteiger partial charge in [-0.3, -0.25) is 0 Å². The van der Waals surface area contributed by atoms with Crippen molar-refractivity contribution in [3.63, 3.8) is 0 Å². The van der Waals surface area contributed by atoms with Crippen molar-refractivity contribution in [1.29, 1.82) is 0 Å². The average Bonchev–Trinajstić information content (AvgIpc) is 2.15. The van der Waals surface area contributed by atoms with E-state index in [1.165, 1.54) is 0 Å². The van der Waals surface area contributed by atoms with E-state index < -0.39 is 29.5 Å². The molecule has 4 nitrogen and oxygen atoms in total. The number of carboxylic acid groups (broad SMARTS) is 1. The number of nitrogens with zero attached hydrogens (tertiary/aromatic N) is 1. The quantitative estimate of drug-likeness (QED) is 0.877. The Labute approximate surface area is 88.4 Å². The molecule has 0 saturated heterocycles. The highest BCUT2D eigenvalue weighted by Crippen LogP contribution is 2.29. The fraction of sp³-hybridized carbons (Fsp3) is 0.250. The summed E-state index contributed by atoms with van der Waals surface area (Å²) in [6.45, 7) is 0. The zero-order chi connectivity index (χ0) is 11.6. The average molecular weight is 238 g/mol. The zero-order valence-electron chi connectivity index (χ0n) is 7.50. The first-order chi connectivity index (χ1) is 6.97. The second-order valence-electron chi connectivity index (χ2n) is 2.52. The molecular weight excluding hydrogens is 232 g/mol. The van der Waals surface area contributed by atoms with Gasteiger partial charge in [0.1, 0.15) is 11.3 Å². The van der Waals surface area contributed by atoms with Crippen molar-refractivity contribution in [2.75, 3.05) is 7.11 Å². The number of methoxy groups -OCH3 is 1. The molecule has 1 heterocycles. The molecule has 1 rings (SSSR count). The van der Waals surface area contributed by atoms with Crippen LogP contribution in [0.2, 0.25) is 5.02 Å². The molecule has 0 aliphatic heterocycles. The minimum absolute atomic E-state index is 0.329. The van der Waals surface area contributed by atoms with Gasteiger partial charge in [-0.2, -0.15) is 0 Å². The minimum atomic E-state index is -2.83.